The Balaban J connectivity index is 1.68. The number of morpholine rings is 1. The zero-order valence-corrected chi connectivity index (χ0v) is 14.2. The van der Waals surface area contributed by atoms with Crippen LogP contribution < -0.4 is 5.73 Å². The van der Waals surface area contributed by atoms with Crippen molar-refractivity contribution in [1.29, 1.82) is 0 Å². The van der Waals surface area contributed by atoms with Crippen LogP contribution in [0.3, 0.4) is 0 Å². The molecule has 1 aromatic heterocycles. The maximum atomic E-state index is 12.9. The monoisotopic (exact) mass is 328 g/mol. The molecule has 0 spiro atoms. The van der Waals surface area contributed by atoms with Gasteiger partial charge in [-0.2, -0.15) is 5.10 Å². The normalized spacial score (nSPS) is 20.6. The van der Waals surface area contributed by atoms with Crippen LogP contribution in [0.4, 0.5) is 0 Å². The minimum absolute atomic E-state index is 0.0707. The Bertz CT molecular complexity index is 696. The van der Waals surface area contributed by atoms with E-state index >= 15 is 0 Å². The Morgan fingerprint density at radius 3 is 2.83 bits per heavy atom. The first-order valence-electron chi connectivity index (χ1n) is 8.21. The van der Waals surface area contributed by atoms with Gasteiger partial charge in [0.15, 0.2) is 0 Å². The van der Waals surface area contributed by atoms with Gasteiger partial charge in [-0.3, -0.25) is 9.48 Å². The number of nitrogens with zero attached hydrogens (tertiary/aromatic N) is 3. The van der Waals surface area contributed by atoms with E-state index in [1.54, 1.807) is 11.8 Å². The molecule has 0 bridgehead atoms. The molecule has 2 N–H and O–H groups in total. The van der Waals surface area contributed by atoms with Crippen molar-refractivity contribution >= 4 is 5.91 Å². The van der Waals surface area contributed by atoms with Crippen LogP contribution in [0.15, 0.2) is 42.7 Å². The van der Waals surface area contributed by atoms with E-state index in [0.717, 1.165) is 11.1 Å². The number of amides is 1. The average Bonchev–Trinajstić information content (AvgIpc) is 3.00. The summed E-state index contributed by atoms with van der Waals surface area (Å²) in [6, 6.07) is 9.50. The number of carbonyl (C=O) groups is 1. The second-order valence-electron chi connectivity index (χ2n) is 6.55. The number of rotatable bonds is 4. The predicted molar refractivity (Wildman–Crippen MR) is 91.3 cm³/mol. The summed E-state index contributed by atoms with van der Waals surface area (Å²) in [6.45, 7) is 6.00. The minimum Gasteiger partial charge on any atom is -0.373 e. The number of aryl methyl sites for hydroxylation is 1. The summed E-state index contributed by atoms with van der Waals surface area (Å²) in [4.78, 5) is 14.7. The topological polar surface area (TPSA) is 73.4 Å². The SMILES string of the molecule is Cc1cnn(CC2CN(C(=O)C(C)(N)c3ccccc3)CCO2)c1. The summed E-state index contributed by atoms with van der Waals surface area (Å²) in [5.41, 5.74) is 7.26. The van der Waals surface area contributed by atoms with Gasteiger partial charge in [0.1, 0.15) is 5.54 Å². The molecule has 128 valence electrons. The number of aromatic nitrogens is 2. The Labute approximate surface area is 142 Å². The second kappa shape index (κ2) is 6.75. The van der Waals surface area contributed by atoms with Crippen LogP contribution in [0, 0.1) is 6.92 Å². The number of carbonyl (C=O) groups excluding carboxylic acids is 1. The molecule has 0 aliphatic carbocycles. The van der Waals surface area contributed by atoms with Gasteiger partial charge in [-0.1, -0.05) is 30.3 Å². The first-order valence-corrected chi connectivity index (χ1v) is 8.21. The molecule has 1 saturated heterocycles. The molecule has 1 aliphatic heterocycles. The van der Waals surface area contributed by atoms with Crippen LogP contribution in [0.5, 0.6) is 0 Å². The van der Waals surface area contributed by atoms with Crippen LogP contribution in [-0.2, 0) is 21.6 Å². The molecule has 1 aromatic carbocycles. The molecule has 3 rings (SSSR count). The summed E-state index contributed by atoms with van der Waals surface area (Å²) in [5.74, 6) is -0.0707. The van der Waals surface area contributed by atoms with Gasteiger partial charge in [0.25, 0.3) is 0 Å². The largest absolute Gasteiger partial charge is 0.373 e. The number of nitrogens with two attached hydrogens (primary N) is 1. The van der Waals surface area contributed by atoms with Crippen molar-refractivity contribution in [1.82, 2.24) is 14.7 Å². The van der Waals surface area contributed by atoms with E-state index in [0.29, 0.717) is 26.2 Å². The lowest BCUT2D eigenvalue weighted by Gasteiger charge is -2.37. The fourth-order valence-corrected chi connectivity index (χ4v) is 3.03. The van der Waals surface area contributed by atoms with Crippen LogP contribution in [0.25, 0.3) is 0 Å². The second-order valence-corrected chi connectivity index (χ2v) is 6.55. The Morgan fingerprint density at radius 1 is 1.42 bits per heavy atom. The van der Waals surface area contributed by atoms with Crippen LogP contribution in [-0.4, -0.2) is 46.4 Å². The summed E-state index contributed by atoms with van der Waals surface area (Å²) in [5, 5.41) is 4.28. The Hall–Kier alpha value is -2.18. The van der Waals surface area contributed by atoms with Crippen molar-refractivity contribution in [2.45, 2.75) is 32.0 Å². The van der Waals surface area contributed by atoms with Crippen molar-refractivity contribution in [3.8, 4) is 0 Å². The minimum atomic E-state index is -1.04. The number of ether oxygens (including phenoxy) is 1. The third kappa shape index (κ3) is 3.49. The van der Waals surface area contributed by atoms with E-state index in [2.05, 4.69) is 5.10 Å². The summed E-state index contributed by atoms with van der Waals surface area (Å²) < 4.78 is 7.65. The van der Waals surface area contributed by atoms with Gasteiger partial charge >= 0.3 is 0 Å². The molecule has 0 saturated carbocycles. The Morgan fingerprint density at radius 2 is 2.17 bits per heavy atom. The number of benzene rings is 1. The van der Waals surface area contributed by atoms with Gasteiger partial charge in [0.2, 0.25) is 5.91 Å². The molecule has 6 heteroatoms. The maximum Gasteiger partial charge on any atom is 0.247 e. The molecule has 1 amide bonds. The van der Waals surface area contributed by atoms with Crippen LogP contribution in [0.1, 0.15) is 18.1 Å². The third-order valence-corrected chi connectivity index (χ3v) is 4.40. The molecule has 6 nitrogen and oxygen atoms in total. The quantitative estimate of drug-likeness (QED) is 0.918. The third-order valence-electron chi connectivity index (χ3n) is 4.40. The van der Waals surface area contributed by atoms with Crippen LogP contribution >= 0.6 is 0 Å². The van der Waals surface area contributed by atoms with Gasteiger partial charge < -0.3 is 15.4 Å². The number of hydrogen-bond donors (Lipinski definition) is 1. The molecule has 2 atom stereocenters. The predicted octanol–water partition coefficient (Wildman–Crippen LogP) is 1.29. The molecule has 2 unspecified atom stereocenters. The molecule has 2 aromatic rings. The zero-order chi connectivity index (χ0) is 17.2. The van der Waals surface area contributed by atoms with Gasteiger partial charge in [0, 0.05) is 19.3 Å². The highest BCUT2D eigenvalue weighted by Crippen LogP contribution is 2.22. The van der Waals surface area contributed by atoms with Crippen molar-refractivity contribution in [3.05, 3.63) is 53.9 Å². The van der Waals surface area contributed by atoms with Crippen molar-refractivity contribution < 1.29 is 9.53 Å². The van der Waals surface area contributed by atoms with E-state index in [9.17, 15) is 4.79 Å². The highest BCUT2D eigenvalue weighted by molar-refractivity contribution is 5.87. The first kappa shape index (κ1) is 16.7. The van der Waals surface area contributed by atoms with Gasteiger partial charge in [-0.25, -0.2) is 0 Å². The van der Waals surface area contributed by atoms with Crippen molar-refractivity contribution in [2.75, 3.05) is 19.7 Å². The van der Waals surface area contributed by atoms with Crippen LogP contribution in [0.2, 0.25) is 0 Å². The van der Waals surface area contributed by atoms with Crippen molar-refractivity contribution in [2.24, 2.45) is 5.73 Å². The van der Waals surface area contributed by atoms with Crippen molar-refractivity contribution in [3.63, 3.8) is 0 Å². The maximum absolute atomic E-state index is 12.9. The molecular formula is C18H24N4O2. The highest BCUT2D eigenvalue weighted by Gasteiger charge is 2.36. The van der Waals surface area contributed by atoms with E-state index in [-0.39, 0.29) is 12.0 Å². The fourth-order valence-electron chi connectivity index (χ4n) is 3.03. The molecule has 1 fully saturated rings. The lowest BCUT2D eigenvalue weighted by molar-refractivity contribution is -0.145. The van der Waals surface area contributed by atoms with Gasteiger partial charge in [-0.05, 0) is 25.0 Å². The number of hydrogen-bond acceptors (Lipinski definition) is 4. The fraction of sp³-hybridized carbons (Fsp3) is 0.444. The zero-order valence-electron chi connectivity index (χ0n) is 14.2. The van der Waals surface area contributed by atoms with E-state index in [1.165, 1.54) is 0 Å². The molecule has 0 radical (unpaired) electrons. The van der Waals surface area contributed by atoms with E-state index < -0.39 is 5.54 Å². The lowest BCUT2D eigenvalue weighted by atomic mass is 9.91. The first-order chi connectivity index (χ1) is 11.5. The summed E-state index contributed by atoms with van der Waals surface area (Å²) in [6.07, 6.45) is 3.72. The smallest absolute Gasteiger partial charge is 0.247 e. The molecule has 24 heavy (non-hydrogen) atoms. The molecule has 2 heterocycles. The molecule has 1 aliphatic rings. The average molecular weight is 328 g/mol. The molecular weight excluding hydrogens is 304 g/mol. The lowest BCUT2D eigenvalue weighted by Crippen LogP contribution is -2.56. The van der Waals surface area contributed by atoms with E-state index in [1.807, 2.05) is 54.3 Å². The summed E-state index contributed by atoms with van der Waals surface area (Å²) in [7, 11) is 0. The van der Waals surface area contributed by atoms with Gasteiger partial charge in [-0.15, -0.1) is 0 Å². The van der Waals surface area contributed by atoms with E-state index in [4.69, 9.17) is 10.5 Å². The van der Waals surface area contributed by atoms with Gasteiger partial charge in [0.05, 0.1) is 25.5 Å². The summed E-state index contributed by atoms with van der Waals surface area (Å²) >= 11 is 0. The standard InChI is InChI=1S/C18H24N4O2/c1-14-10-20-22(11-14)13-16-12-21(8-9-24-16)17(23)18(2,19)15-6-4-3-5-7-15/h3-7,10-11,16H,8-9,12-13,19H2,1-2H3. The highest BCUT2D eigenvalue weighted by atomic mass is 16.5. The Kier molecular flexibility index (Phi) is 4.69.